The first-order valence-corrected chi connectivity index (χ1v) is 8.44. The third kappa shape index (κ3) is 4.32. The monoisotopic (exact) mass is 272 g/mol. The van der Waals surface area contributed by atoms with Crippen LogP contribution in [0.2, 0.25) is 0 Å². The standard InChI is InChI=1S/C18H28N2/c1-2-4-12-20(11-3-1)13-10-19-15-16-6-5-7-18(14-16)17-8-9-17/h5-7,14,17,19H,1-4,8-13,15H2. The van der Waals surface area contributed by atoms with Gasteiger partial charge in [-0.15, -0.1) is 0 Å². The predicted octanol–water partition coefficient (Wildman–Crippen LogP) is 3.53. The smallest absolute Gasteiger partial charge is 0.0206 e. The lowest BCUT2D eigenvalue weighted by Gasteiger charge is -2.19. The van der Waals surface area contributed by atoms with Crippen LogP contribution in [0, 0.1) is 0 Å². The highest BCUT2D eigenvalue weighted by Gasteiger charge is 2.23. The maximum absolute atomic E-state index is 3.61. The van der Waals surface area contributed by atoms with Crippen molar-refractivity contribution in [1.29, 1.82) is 0 Å². The Balaban J connectivity index is 1.37. The van der Waals surface area contributed by atoms with E-state index in [1.165, 1.54) is 63.7 Å². The first-order chi connectivity index (χ1) is 9.92. The summed E-state index contributed by atoms with van der Waals surface area (Å²) in [6.45, 7) is 5.96. The molecule has 2 aliphatic rings. The highest BCUT2D eigenvalue weighted by Crippen LogP contribution is 2.40. The molecule has 1 heterocycles. The lowest BCUT2D eigenvalue weighted by Crippen LogP contribution is -2.32. The van der Waals surface area contributed by atoms with E-state index in [1.54, 1.807) is 5.56 Å². The van der Waals surface area contributed by atoms with Gasteiger partial charge in [0.15, 0.2) is 0 Å². The fourth-order valence-corrected chi connectivity index (χ4v) is 3.20. The molecule has 0 unspecified atom stereocenters. The summed E-state index contributed by atoms with van der Waals surface area (Å²) in [5.41, 5.74) is 3.00. The first-order valence-electron chi connectivity index (χ1n) is 8.44. The molecule has 0 radical (unpaired) electrons. The topological polar surface area (TPSA) is 15.3 Å². The summed E-state index contributed by atoms with van der Waals surface area (Å²) >= 11 is 0. The second kappa shape index (κ2) is 7.24. The first kappa shape index (κ1) is 14.1. The van der Waals surface area contributed by atoms with E-state index in [9.17, 15) is 0 Å². The second-order valence-corrected chi connectivity index (χ2v) is 6.45. The summed E-state index contributed by atoms with van der Waals surface area (Å²) < 4.78 is 0. The Kier molecular flexibility index (Phi) is 5.10. The Labute approximate surface area is 123 Å². The third-order valence-electron chi connectivity index (χ3n) is 4.63. The van der Waals surface area contributed by atoms with E-state index in [0.717, 1.165) is 19.0 Å². The molecule has 0 atom stereocenters. The molecule has 110 valence electrons. The van der Waals surface area contributed by atoms with Crippen molar-refractivity contribution >= 4 is 0 Å². The highest BCUT2D eigenvalue weighted by atomic mass is 15.1. The van der Waals surface area contributed by atoms with Crippen LogP contribution in [-0.4, -0.2) is 31.1 Å². The third-order valence-corrected chi connectivity index (χ3v) is 4.63. The lowest BCUT2D eigenvalue weighted by molar-refractivity contribution is 0.284. The Hall–Kier alpha value is -0.860. The second-order valence-electron chi connectivity index (χ2n) is 6.45. The van der Waals surface area contributed by atoms with E-state index in [1.807, 2.05) is 0 Å². The number of hydrogen-bond donors (Lipinski definition) is 1. The van der Waals surface area contributed by atoms with Crippen LogP contribution in [0.25, 0.3) is 0 Å². The maximum atomic E-state index is 3.61. The Bertz CT molecular complexity index is 404. The van der Waals surface area contributed by atoms with Gasteiger partial charge >= 0.3 is 0 Å². The summed E-state index contributed by atoms with van der Waals surface area (Å²) in [7, 11) is 0. The van der Waals surface area contributed by atoms with Crippen LogP contribution in [0.15, 0.2) is 24.3 Å². The van der Waals surface area contributed by atoms with E-state index in [-0.39, 0.29) is 0 Å². The zero-order valence-electron chi connectivity index (χ0n) is 12.6. The number of likely N-dealkylation sites (tertiary alicyclic amines) is 1. The number of benzene rings is 1. The van der Waals surface area contributed by atoms with E-state index in [2.05, 4.69) is 34.5 Å². The fraction of sp³-hybridized carbons (Fsp3) is 0.667. The quantitative estimate of drug-likeness (QED) is 0.797. The summed E-state index contributed by atoms with van der Waals surface area (Å²) in [5, 5.41) is 3.61. The molecule has 2 nitrogen and oxygen atoms in total. The van der Waals surface area contributed by atoms with Crippen molar-refractivity contribution in [3.05, 3.63) is 35.4 Å². The molecular weight excluding hydrogens is 244 g/mol. The zero-order chi connectivity index (χ0) is 13.6. The van der Waals surface area contributed by atoms with Crippen LogP contribution in [-0.2, 0) is 6.54 Å². The van der Waals surface area contributed by atoms with E-state index in [0.29, 0.717) is 0 Å². The number of hydrogen-bond acceptors (Lipinski definition) is 2. The average molecular weight is 272 g/mol. The average Bonchev–Trinajstić information content (AvgIpc) is 3.31. The van der Waals surface area contributed by atoms with Gasteiger partial charge in [0.1, 0.15) is 0 Å². The molecule has 1 aromatic rings. The van der Waals surface area contributed by atoms with Gasteiger partial charge in [0.05, 0.1) is 0 Å². The molecule has 1 aromatic carbocycles. The number of nitrogens with zero attached hydrogens (tertiary/aromatic N) is 1. The minimum absolute atomic E-state index is 0.868. The van der Waals surface area contributed by atoms with Gasteiger partial charge in [-0.3, -0.25) is 0 Å². The van der Waals surface area contributed by atoms with Crippen molar-refractivity contribution in [3.8, 4) is 0 Å². The van der Waals surface area contributed by atoms with Gasteiger partial charge in [-0.2, -0.15) is 0 Å². The van der Waals surface area contributed by atoms with E-state index in [4.69, 9.17) is 0 Å². The van der Waals surface area contributed by atoms with Crippen LogP contribution in [0.3, 0.4) is 0 Å². The van der Waals surface area contributed by atoms with Gasteiger partial charge in [0, 0.05) is 19.6 Å². The van der Waals surface area contributed by atoms with Crippen molar-refractivity contribution in [2.45, 2.75) is 51.0 Å². The van der Waals surface area contributed by atoms with Crippen molar-refractivity contribution in [2.24, 2.45) is 0 Å². The molecule has 1 saturated heterocycles. The molecule has 0 aromatic heterocycles. The van der Waals surface area contributed by atoms with Crippen molar-refractivity contribution in [2.75, 3.05) is 26.2 Å². The minimum atomic E-state index is 0.868. The molecule has 1 aliphatic heterocycles. The molecule has 3 rings (SSSR count). The van der Waals surface area contributed by atoms with Gasteiger partial charge in [-0.05, 0) is 55.8 Å². The molecule has 2 fully saturated rings. The maximum Gasteiger partial charge on any atom is 0.0206 e. The number of rotatable bonds is 6. The zero-order valence-corrected chi connectivity index (χ0v) is 12.6. The molecule has 20 heavy (non-hydrogen) atoms. The molecular formula is C18H28N2. The Morgan fingerprint density at radius 1 is 1.05 bits per heavy atom. The predicted molar refractivity (Wildman–Crippen MR) is 85.0 cm³/mol. The normalized spacial score (nSPS) is 20.8. The Morgan fingerprint density at radius 3 is 2.60 bits per heavy atom. The Morgan fingerprint density at radius 2 is 1.85 bits per heavy atom. The van der Waals surface area contributed by atoms with Gasteiger partial charge in [-0.25, -0.2) is 0 Å². The number of nitrogens with one attached hydrogen (secondary N) is 1. The molecule has 0 amide bonds. The SMILES string of the molecule is c1cc(CNCCN2CCCCCC2)cc(C2CC2)c1. The lowest BCUT2D eigenvalue weighted by atomic mass is 10.1. The van der Waals surface area contributed by atoms with Gasteiger partial charge in [0.2, 0.25) is 0 Å². The summed E-state index contributed by atoms with van der Waals surface area (Å²) in [5.74, 6) is 0.868. The van der Waals surface area contributed by atoms with E-state index < -0.39 is 0 Å². The fourth-order valence-electron chi connectivity index (χ4n) is 3.20. The van der Waals surface area contributed by atoms with Crippen LogP contribution in [0.5, 0.6) is 0 Å². The summed E-state index contributed by atoms with van der Waals surface area (Å²) in [4.78, 5) is 2.63. The molecule has 1 N–H and O–H groups in total. The van der Waals surface area contributed by atoms with E-state index >= 15 is 0 Å². The van der Waals surface area contributed by atoms with Crippen LogP contribution < -0.4 is 5.32 Å². The molecule has 0 bridgehead atoms. The summed E-state index contributed by atoms with van der Waals surface area (Å²) in [6.07, 6.45) is 8.43. The largest absolute Gasteiger partial charge is 0.311 e. The summed E-state index contributed by atoms with van der Waals surface area (Å²) in [6, 6.07) is 9.17. The van der Waals surface area contributed by atoms with Crippen molar-refractivity contribution in [3.63, 3.8) is 0 Å². The molecule has 1 aliphatic carbocycles. The van der Waals surface area contributed by atoms with Gasteiger partial charge in [-0.1, -0.05) is 37.1 Å². The molecule has 0 spiro atoms. The van der Waals surface area contributed by atoms with Crippen molar-refractivity contribution < 1.29 is 0 Å². The van der Waals surface area contributed by atoms with Crippen LogP contribution in [0.1, 0.15) is 55.6 Å². The minimum Gasteiger partial charge on any atom is -0.311 e. The highest BCUT2D eigenvalue weighted by molar-refractivity contribution is 5.29. The molecule has 2 heteroatoms. The van der Waals surface area contributed by atoms with Crippen LogP contribution in [0.4, 0.5) is 0 Å². The van der Waals surface area contributed by atoms with Crippen molar-refractivity contribution in [1.82, 2.24) is 10.2 Å². The van der Waals surface area contributed by atoms with Gasteiger partial charge in [0.25, 0.3) is 0 Å². The van der Waals surface area contributed by atoms with Crippen LogP contribution >= 0.6 is 0 Å². The molecule has 1 saturated carbocycles. The van der Waals surface area contributed by atoms with Gasteiger partial charge < -0.3 is 10.2 Å².